The number of carbonyl (C=O) groups excluding carboxylic acids is 1. The van der Waals surface area contributed by atoms with Crippen LogP contribution in [0, 0.1) is 0 Å². The number of benzene rings is 1. The minimum Gasteiger partial charge on any atom is -0.443 e. The average Bonchev–Trinajstić information content (AvgIpc) is 3.17. The number of nitrogens with zero attached hydrogens (tertiary/aromatic N) is 1. The highest BCUT2D eigenvalue weighted by molar-refractivity contribution is 7.13. The van der Waals surface area contributed by atoms with Crippen LogP contribution in [-0.2, 0) is 6.54 Å². The molecule has 1 N–H and O–H groups in total. The molecule has 22 heavy (non-hydrogen) atoms. The Morgan fingerprint density at radius 3 is 2.95 bits per heavy atom. The van der Waals surface area contributed by atoms with Crippen LogP contribution >= 0.6 is 34.5 Å². The third-order valence-electron chi connectivity index (χ3n) is 2.89. The van der Waals surface area contributed by atoms with Gasteiger partial charge in [0, 0.05) is 5.02 Å². The lowest BCUT2D eigenvalue weighted by Crippen LogP contribution is -2.23. The SMILES string of the molecule is O=C(NCc1coc(-c2cccs2)n1)c1cc(Cl)ccc1Cl. The Kier molecular flexibility index (Phi) is 4.47. The first-order chi connectivity index (χ1) is 10.6. The van der Waals surface area contributed by atoms with Crippen LogP contribution in [0.3, 0.4) is 0 Å². The predicted molar refractivity (Wildman–Crippen MR) is 87.4 cm³/mol. The fraction of sp³-hybridized carbons (Fsp3) is 0.0667. The molecule has 0 unspecified atom stereocenters. The topological polar surface area (TPSA) is 55.1 Å². The summed E-state index contributed by atoms with van der Waals surface area (Å²) in [6.07, 6.45) is 1.52. The van der Waals surface area contributed by atoms with Crippen LogP contribution < -0.4 is 5.32 Å². The number of rotatable bonds is 4. The maximum absolute atomic E-state index is 12.1. The molecule has 7 heteroatoms. The number of hydrogen-bond acceptors (Lipinski definition) is 4. The number of aromatic nitrogens is 1. The Bertz CT molecular complexity index is 800. The van der Waals surface area contributed by atoms with E-state index in [1.165, 1.54) is 23.7 Å². The molecule has 3 rings (SSSR count). The van der Waals surface area contributed by atoms with Crippen LogP contribution in [0.5, 0.6) is 0 Å². The number of halogens is 2. The summed E-state index contributed by atoms with van der Waals surface area (Å²) in [5.74, 6) is 0.230. The van der Waals surface area contributed by atoms with E-state index >= 15 is 0 Å². The summed E-state index contributed by atoms with van der Waals surface area (Å²) in [6, 6.07) is 8.59. The van der Waals surface area contributed by atoms with Crippen molar-refractivity contribution in [2.45, 2.75) is 6.54 Å². The van der Waals surface area contributed by atoms with Crippen molar-refractivity contribution in [3.05, 3.63) is 63.3 Å². The van der Waals surface area contributed by atoms with E-state index in [-0.39, 0.29) is 12.5 Å². The number of amides is 1. The van der Waals surface area contributed by atoms with E-state index < -0.39 is 0 Å². The molecule has 3 aromatic rings. The zero-order valence-corrected chi connectivity index (χ0v) is 13.5. The average molecular weight is 353 g/mol. The van der Waals surface area contributed by atoms with Crippen molar-refractivity contribution in [1.29, 1.82) is 0 Å². The fourth-order valence-electron chi connectivity index (χ4n) is 1.84. The van der Waals surface area contributed by atoms with Crippen molar-refractivity contribution in [2.75, 3.05) is 0 Å². The Morgan fingerprint density at radius 1 is 1.32 bits per heavy atom. The molecule has 0 bridgehead atoms. The summed E-state index contributed by atoms with van der Waals surface area (Å²) in [5.41, 5.74) is 0.964. The van der Waals surface area contributed by atoms with Crippen LogP contribution in [0.15, 0.2) is 46.4 Å². The molecule has 2 aromatic heterocycles. The fourth-order valence-corrected chi connectivity index (χ4v) is 2.87. The summed E-state index contributed by atoms with van der Waals surface area (Å²) < 4.78 is 5.39. The summed E-state index contributed by atoms with van der Waals surface area (Å²) in [6.45, 7) is 0.247. The molecule has 0 fully saturated rings. The van der Waals surface area contributed by atoms with Crippen molar-refractivity contribution in [2.24, 2.45) is 0 Å². The van der Waals surface area contributed by atoms with Crippen molar-refractivity contribution in [1.82, 2.24) is 10.3 Å². The summed E-state index contributed by atoms with van der Waals surface area (Å²) in [7, 11) is 0. The first-order valence-corrected chi connectivity index (χ1v) is 7.98. The second-order valence-corrected chi connectivity index (χ2v) is 6.22. The van der Waals surface area contributed by atoms with Gasteiger partial charge in [0.15, 0.2) is 0 Å². The van der Waals surface area contributed by atoms with Crippen molar-refractivity contribution < 1.29 is 9.21 Å². The lowest BCUT2D eigenvalue weighted by Gasteiger charge is -2.05. The van der Waals surface area contributed by atoms with Crippen molar-refractivity contribution in [3.8, 4) is 10.8 Å². The van der Waals surface area contributed by atoms with Gasteiger partial charge in [-0.1, -0.05) is 29.3 Å². The monoisotopic (exact) mass is 352 g/mol. The quantitative estimate of drug-likeness (QED) is 0.743. The van der Waals surface area contributed by atoms with Gasteiger partial charge in [-0.2, -0.15) is 0 Å². The van der Waals surface area contributed by atoms with Gasteiger partial charge in [-0.05, 0) is 29.6 Å². The lowest BCUT2D eigenvalue weighted by molar-refractivity contribution is 0.0950. The lowest BCUT2D eigenvalue weighted by atomic mass is 10.2. The largest absolute Gasteiger partial charge is 0.443 e. The maximum Gasteiger partial charge on any atom is 0.253 e. The van der Waals surface area contributed by atoms with Gasteiger partial charge in [-0.15, -0.1) is 11.3 Å². The number of nitrogens with one attached hydrogen (secondary N) is 1. The molecule has 0 aliphatic rings. The molecule has 0 saturated heterocycles. The van der Waals surface area contributed by atoms with Gasteiger partial charge < -0.3 is 9.73 Å². The van der Waals surface area contributed by atoms with Crippen LogP contribution in [0.25, 0.3) is 10.8 Å². The van der Waals surface area contributed by atoms with E-state index in [1.54, 1.807) is 12.1 Å². The zero-order chi connectivity index (χ0) is 15.5. The molecule has 0 aliphatic heterocycles. The Balaban J connectivity index is 1.67. The second kappa shape index (κ2) is 6.52. The first-order valence-electron chi connectivity index (χ1n) is 6.35. The van der Waals surface area contributed by atoms with Gasteiger partial charge in [0.2, 0.25) is 5.89 Å². The van der Waals surface area contributed by atoms with Crippen LogP contribution in [0.2, 0.25) is 10.0 Å². The van der Waals surface area contributed by atoms with E-state index in [0.717, 1.165) is 4.88 Å². The van der Waals surface area contributed by atoms with E-state index in [1.807, 2.05) is 17.5 Å². The minimum atomic E-state index is -0.312. The Hall–Kier alpha value is -1.82. The molecule has 0 radical (unpaired) electrons. The van der Waals surface area contributed by atoms with Crippen molar-refractivity contribution >= 4 is 40.4 Å². The van der Waals surface area contributed by atoms with Gasteiger partial charge in [0.05, 0.1) is 27.7 Å². The highest BCUT2D eigenvalue weighted by Crippen LogP contribution is 2.24. The summed E-state index contributed by atoms with van der Waals surface area (Å²) in [4.78, 5) is 17.4. The molecule has 4 nitrogen and oxygen atoms in total. The van der Waals surface area contributed by atoms with Gasteiger partial charge in [0.25, 0.3) is 5.91 Å². The molecule has 112 valence electrons. The van der Waals surface area contributed by atoms with E-state index in [9.17, 15) is 4.79 Å². The highest BCUT2D eigenvalue weighted by atomic mass is 35.5. The standard InChI is InChI=1S/C15H10Cl2N2O2S/c16-9-3-4-12(17)11(6-9)14(20)18-7-10-8-21-15(19-10)13-2-1-5-22-13/h1-6,8H,7H2,(H,18,20). The number of hydrogen-bond donors (Lipinski definition) is 1. The highest BCUT2D eigenvalue weighted by Gasteiger charge is 2.12. The minimum absolute atomic E-state index is 0.247. The van der Waals surface area contributed by atoms with Crippen LogP contribution in [-0.4, -0.2) is 10.9 Å². The molecule has 1 aromatic carbocycles. The van der Waals surface area contributed by atoms with E-state index in [2.05, 4.69) is 10.3 Å². The van der Waals surface area contributed by atoms with E-state index in [4.69, 9.17) is 27.6 Å². The second-order valence-electron chi connectivity index (χ2n) is 4.43. The third kappa shape index (κ3) is 3.32. The predicted octanol–water partition coefficient (Wildman–Crippen LogP) is 4.64. The molecule has 1 amide bonds. The van der Waals surface area contributed by atoms with Crippen molar-refractivity contribution in [3.63, 3.8) is 0 Å². The number of oxazole rings is 1. The molecule has 0 saturated carbocycles. The Morgan fingerprint density at radius 2 is 2.18 bits per heavy atom. The van der Waals surface area contributed by atoms with E-state index in [0.29, 0.717) is 27.2 Å². The number of carbonyl (C=O) groups is 1. The van der Waals surface area contributed by atoms with Gasteiger partial charge in [-0.3, -0.25) is 4.79 Å². The Labute approximate surface area is 140 Å². The maximum atomic E-state index is 12.1. The van der Waals surface area contributed by atoms with Gasteiger partial charge >= 0.3 is 0 Å². The molecular weight excluding hydrogens is 343 g/mol. The third-order valence-corrected chi connectivity index (χ3v) is 4.31. The van der Waals surface area contributed by atoms with Gasteiger partial charge in [0.1, 0.15) is 6.26 Å². The molecule has 0 aliphatic carbocycles. The van der Waals surface area contributed by atoms with Gasteiger partial charge in [-0.25, -0.2) is 4.98 Å². The molecular formula is C15H10Cl2N2O2S. The number of thiophene rings is 1. The normalized spacial score (nSPS) is 10.6. The molecule has 0 spiro atoms. The molecule has 0 atom stereocenters. The molecule has 2 heterocycles. The smallest absolute Gasteiger partial charge is 0.253 e. The first kappa shape index (κ1) is 15.1. The van der Waals surface area contributed by atoms with Crippen LogP contribution in [0.1, 0.15) is 16.1 Å². The van der Waals surface area contributed by atoms with Crippen LogP contribution in [0.4, 0.5) is 0 Å². The summed E-state index contributed by atoms with van der Waals surface area (Å²) >= 11 is 13.4. The zero-order valence-electron chi connectivity index (χ0n) is 11.2. The summed E-state index contributed by atoms with van der Waals surface area (Å²) in [5, 5.41) is 5.49.